The number of nitrogens with zero attached hydrogens (tertiary/aromatic N) is 1. The van der Waals surface area contributed by atoms with Crippen molar-refractivity contribution in [2.24, 2.45) is 5.92 Å². The van der Waals surface area contributed by atoms with Gasteiger partial charge in [-0.1, -0.05) is 12.8 Å². The minimum absolute atomic E-state index is 0.0967. The lowest BCUT2D eigenvalue weighted by Crippen LogP contribution is -2.51. The van der Waals surface area contributed by atoms with E-state index in [-0.39, 0.29) is 5.92 Å². The highest BCUT2D eigenvalue weighted by atomic mass is 16.4. The Labute approximate surface area is 85.1 Å². The van der Waals surface area contributed by atoms with E-state index in [0.717, 1.165) is 12.8 Å². The van der Waals surface area contributed by atoms with E-state index < -0.39 is 5.97 Å². The number of carboxylic acid groups (broad SMARTS) is 1. The molecule has 2 aliphatic rings. The van der Waals surface area contributed by atoms with Gasteiger partial charge in [-0.15, -0.1) is 0 Å². The first-order valence-electron chi connectivity index (χ1n) is 5.65. The maximum atomic E-state index is 10.9. The molecule has 3 heteroatoms. The molecule has 2 rings (SSSR count). The highest BCUT2D eigenvalue weighted by Gasteiger charge is 2.41. The summed E-state index contributed by atoms with van der Waals surface area (Å²) in [6.07, 6.45) is 7.11. The summed E-state index contributed by atoms with van der Waals surface area (Å²) in [6.45, 7) is 0. The van der Waals surface area contributed by atoms with Gasteiger partial charge in [-0.3, -0.25) is 9.69 Å². The summed E-state index contributed by atoms with van der Waals surface area (Å²) in [4.78, 5) is 13.2. The Morgan fingerprint density at radius 1 is 1.21 bits per heavy atom. The largest absolute Gasteiger partial charge is 0.481 e. The van der Waals surface area contributed by atoms with Crippen LogP contribution in [0, 0.1) is 5.92 Å². The fraction of sp³-hybridized carbons (Fsp3) is 0.909. The van der Waals surface area contributed by atoms with Crippen molar-refractivity contribution in [2.45, 2.75) is 50.6 Å². The molecule has 0 aromatic rings. The highest BCUT2D eigenvalue weighted by Crippen LogP contribution is 2.35. The van der Waals surface area contributed by atoms with Crippen molar-refractivity contribution in [3.8, 4) is 0 Å². The zero-order valence-corrected chi connectivity index (χ0v) is 8.78. The molecule has 0 aliphatic heterocycles. The highest BCUT2D eigenvalue weighted by molar-refractivity contribution is 5.72. The van der Waals surface area contributed by atoms with Crippen LogP contribution in [0.1, 0.15) is 38.5 Å². The monoisotopic (exact) mass is 197 g/mol. The first-order valence-corrected chi connectivity index (χ1v) is 5.65. The van der Waals surface area contributed by atoms with Gasteiger partial charge in [-0.2, -0.15) is 0 Å². The molecule has 0 bridgehead atoms. The fourth-order valence-electron chi connectivity index (χ4n) is 2.84. The minimum atomic E-state index is -0.605. The van der Waals surface area contributed by atoms with E-state index >= 15 is 0 Å². The summed E-state index contributed by atoms with van der Waals surface area (Å²) in [5.41, 5.74) is 0. The maximum absolute atomic E-state index is 10.9. The summed E-state index contributed by atoms with van der Waals surface area (Å²) in [7, 11) is 2.11. The second-order valence-electron chi connectivity index (χ2n) is 4.69. The van der Waals surface area contributed by atoms with Crippen molar-refractivity contribution in [1.29, 1.82) is 0 Å². The van der Waals surface area contributed by atoms with Crippen LogP contribution in [0.4, 0.5) is 0 Å². The predicted octanol–water partition coefficient (Wildman–Crippen LogP) is 1.72. The molecular formula is C11H19NO2. The van der Waals surface area contributed by atoms with E-state index in [0.29, 0.717) is 12.1 Å². The molecule has 0 aromatic carbocycles. The molecule has 80 valence electrons. The molecule has 14 heavy (non-hydrogen) atoms. The van der Waals surface area contributed by atoms with E-state index in [1.807, 2.05) is 0 Å². The summed E-state index contributed by atoms with van der Waals surface area (Å²) in [5.74, 6) is -0.702. The van der Waals surface area contributed by atoms with E-state index in [1.165, 1.54) is 25.7 Å². The topological polar surface area (TPSA) is 40.5 Å². The number of hydrogen-bond acceptors (Lipinski definition) is 2. The van der Waals surface area contributed by atoms with E-state index in [2.05, 4.69) is 11.9 Å². The Morgan fingerprint density at radius 2 is 1.86 bits per heavy atom. The first kappa shape index (κ1) is 9.97. The maximum Gasteiger partial charge on any atom is 0.308 e. The van der Waals surface area contributed by atoms with Crippen LogP contribution in [0.15, 0.2) is 0 Å². The van der Waals surface area contributed by atoms with Crippen molar-refractivity contribution in [3.05, 3.63) is 0 Å². The van der Waals surface area contributed by atoms with Crippen molar-refractivity contribution >= 4 is 5.97 Å². The van der Waals surface area contributed by atoms with E-state index in [9.17, 15) is 4.79 Å². The third kappa shape index (κ3) is 1.65. The second-order valence-corrected chi connectivity index (χ2v) is 4.69. The van der Waals surface area contributed by atoms with Crippen molar-refractivity contribution < 1.29 is 9.90 Å². The molecule has 2 unspecified atom stereocenters. The Kier molecular flexibility index (Phi) is 2.77. The normalized spacial score (nSPS) is 33.3. The van der Waals surface area contributed by atoms with Crippen LogP contribution in [0.2, 0.25) is 0 Å². The van der Waals surface area contributed by atoms with Gasteiger partial charge in [0.05, 0.1) is 5.92 Å². The van der Waals surface area contributed by atoms with E-state index in [4.69, 9.17) is 5.11 Å². The lowest BCUT2D eigenvalue weighted by Gasteiger charge is -2.43. The predicted molar refractivity (Wildman–Crippen MR) is 54.2 cm³/mol. The third-order valence-electron chi connectivity index (χ3n) is 3.98. The zero-order chi connectivity index (χ0) is 10.1. The Balaban J connectivity index is 1.91. The molecule has 2 atom stereocenters. The van der Waals surface area contributed by atoms with Crippen LogP contribution in [-0.2, 0) is 4.79 Å². The molecule has 2 saturated carbocycles. The van der Waals surface area contributed by atoms with Crippen LogP contribution in [0.5, 0.6) is 0 Å². The van der Waals surface area contributed by atoms with Gasteiger partial charge in [-0.05, 0) is 32.7 Å². The molecule has 0 aromatic heterocycles. The third-order valence-corrected chi connectivity index (χ3v) is 3.98. The summed E-state index contributed by atoms with van der Waals surface area (Å²) in [6, 6.07) is 0.970. The Bertz CT molecular complexity index is 223. The Morgan fingerprint density at radius 3 is 2.29 bits per heavy atom. The van der Waals surface area contributed by atoms with Crippen LogP contribution in [0.25, 0.3) is 0 Å². The SMILES string of the molecule is CN(C1CCCC1)C1CCC1C(=O)O. The van der Waals surface area contributed by atoms with Gasteiger partial charge in [0.15, 0.2) is 0 Å². The summed E-state index contributed by atoms with van der Waals surface area (Å²) in [5, 5.41) is 8.97. The molecule has 2 fully saturated rings. The minimum Gasteiger partial charge on any atom is -0.481 e. The first-order chi connectivity index (χ1) is 6.70. The van der Waals surface area contributed by atoms with Crippen LogP contribution in [-0.4, -0.2) is 35.1 Å². The van der Waals surface area contributed by atoms with Gasteiger partial charge in [0.1, 0.15) is 0 Å². The molecule has 0 amide bonds. The summed E-state index contributed by atoms with van der Waals surface area (Å²) >= 11 is 0. The molecule has 0 spiro atoms. The van der Waals surface area contributed by atoms with Crippen LogP contribution in [0.3, 0.4) is 0 Å². The number of carboxylic acids is 1. The fourth-order valence-corrected chi connectivity index (χ4v) is 2.84. The molecule has 3 nitrogen and oxygen atoms in total. The van der Waals surface area contributed by atoms with Crippen LogP contribution < -0.4 is 0 Å². The number of carbonyl (C=O) groups is 1. The van der Waals surface area contributed by atoms with E-state index in [1.54, 1.807) is 0 Å². The molecule has 2 aliphatic carbocycles. The van der Waals surface area contributed by atoms with Gasteiger partial charge < -0.3 is 5.11 Å². The average Bonchev–Trinajstić information content (AvgIpc) is 2.51. The smallest absolute Gasteiger partial charge is 0.308 e. The van der Waals surface area contributed by atoms with Crippen molar-refractivity contribution in [3.63, 3.8) is 0 Å². The molecule has 0 saturated heterocycles. The Hall–Kier alpha value is -0.570. The standard InChI is InChI=1S/C11H19NO2/c1-12(8-4-2-3-5-8)10-7-6-9(10)11(13)14/h8-10H,2-7H2,1H3,(H,13,14). The van der Waals surface area contributed by atoms with Gasteiger partial charge in [0.25, 0.3) is 0 Å². The number of aliphatic carboxylic acids is 1. The molecule has 1 N–H and O–H groups in total. The van der Waals surface area contributed by atoms with Gasteiger partial charge in [-0.25, -0.2) is 0 Å². The molecule has 0 heterocycles. The second kappa shape index (κ2) is 3.89. The molecular weight excluding hydrogens is 178 g/mol. The van der Waals surface area contributed by atoms with Gasteiger partial charge in [0.2, 0.25) is 0 Å². The van der Waals surface area contributed by atoms with Gasteiger partial charge >= 0.3 is 5.97 Å². The lowest BCUT2D eigenvalue weighted by atomic mass is 9.78. The number of rotatable bonds is 3. The van der Waals surface area contributed by atoms with Crippen molar-refractivity contribution in [2.75, 3.05) is 7.05 Å². The van der Waals surface area contributed by atoms with Gasteiger partial charge in [0, 0.05) is 12.1 Å². The average molecular weight is 197 g/mol. The zero-order valence-electron chi connectivity index (χ0n) is 8.78. The quantitative estimate of drug-likeness (QED) is 0.749. The lowest BCUT2D eigenvalue weighted by molar-refractivity contribution is -0.149. The molecule has 0 radical (unpaired) electrons. The summed E-state index contributed by atoms with van der Waals surface area (Å²) < 4.78 is 0. The van der Waals surface area contributed by atoms with Crippen molar-refractivity contribution in [1.82, 2.24) is 4.90 Å². The number of hydrogen-bond donors (Lipinski definition) is 1. The van der Waals surface area contributed by atoms with Crippen LogP contribution >= 0.6 is 0 Å².